The van der Waals surface area contributed by atoms with Crippen LogP contribution in [0, 0.1) is 18.7 Å². The summed E-state index contributed by atoms with van der Waals surface area (Å²) in [5.74, 6) is 0.326. The molecule has 1 aliphatic rings. The highest BCUT2D eigenvalue weighted by atomic mass is 32.1. The number of ether oxygens (including phenoxy) is 1. The first kappa shape index (κ1) is 20.3. The van der Waals surface area contributed by atoms with Gasteiger partial charge in [-0.05, 0) is 68.0 Å². The molecule has 0 radical (unpaired) electrons. The number of rotatable bonds is 4. The Kier molecular flexibility index (Phi) is 5.47. The molecule has 0 saturated heterocycles. The summed E-state index contributed by atoms with van der Waals surface area (Å²) in [7, 11) is 1.35. The van der Waals surface area contributed by atoms with Gasteiger partial charge in [0.25, 0.3) is 5.91 Å². The highest BCUT2D eigenvalue weighted by Gasteiger charge is 2.29. The Morgan fingerprint density at radius 3 is 2.70 bits per heavy atom. The van der Waals surface area contributed by atoms with Crippen LogP contribution in [0.2, 0.25) is 0 Å². The number of hydrogen-bond acceptors (Lipinski definition) is 5. The van der Waals surface area contributed by atoms with E-state index in [0.29, 0.717) is 39.1 Å². The molecule has 4 rings (SSSR count). The maximum atomic E-state index is 13.2. The molecule has 2 heterocycles. The van der Waals surface area contributed by atoms with Crippen LogP contribution in [-0.4, -0.2) is 19.0 Å². The summed E-state index contributed by atoms with van der Waals surface area (Å²) >= 11 is 1.44. The molecule has 2 aromatic heterocycles. The molecule has 7 heteroatoms. The molecule has 5 nitrogen and oxygen atoms in total. The van der Waals surface area contributed by atoms with Gasteiger partial charge in [-0.15, -0.1) is 11.3 Å². The standard InChI is InChI=1S/C23H22FNO4S/c1-12-4-9-16-19(10-12)30-22(20(16)23(27)28-3)25-21(26)17-11-18(29-13(17)2)14-5-7-15(24)8-6-14/h5-8,11-12H,4,9-10H2,1-3H3,(H,25,26). The third-order valence-corrected chi connectivity index (χ3v) is 6.59. The Bertz CT molecular complexity index is 1110. The fraction of sp³-hybridized carbons (Fsp3) is 0.304. The molecule has 0 saturated carbocycles. The van der Waals surface area contributed by atoms with Crippen molar-refractivity contribution in [2.75, 3.05) is 12.4 Å². The van der Waals surface area contributed by atoms with E-state index in [1.54, 1.807) is 25.1 Å². The molecule has 1 atom stereocenters. The number of nitrogens with one attached hydrogen (secondary N) is 1. The number of amides is 1. The van der Waals surface area contributed by atoms with E-state index in [0.717, 1.165) is 29.7 Å². The number of carbonyl (C=O) groups excluding carboxylic acids is 2. The van der Waals surface area contributed by atoms with Gasteiger partial charge in [0.1, 0.15) is 22.3 Å². The predicted octanol–water partition coefficient (Wildman–Crippen LogP) is 5.62. The number of fused-ring (bicyclic) bond motifs is 1. The first-order valence-corrected chi connectivity index (χ1v) is 10.6. The summed E-state index contributed by atoms with van der Waals surface area (Å²) in [4.78, 5) is 26.6. The van der Waals surface area contributed by atoms with Crippen molar-refractivity contribution in [3.63, 3.8) is 0 Å². The second-order valence-electron chi connectivity index (χ2n) is 7.59. The van der Waals surface area contributed by atoms with Gasteiger partial charge in [0, 0.05) is 10.4 Å². The van der Waals surface area contributed by atoms with Crippen LogP contribution in [0.25, 0.3) is 11.3 Å². The summed E-state index contributed by atoms with van der Waals surface area (Å²) in [5, 5.41) is 3.40. The highest BCUT2D eigenvalue weighted by Crippen LogP contribution is 2.40. The average Bonchev–Trinajstić information content (AvgIpc) is 3.27. The van der Waals surface area contributed by atoms with Crippen LogP contribution in [0.1, 0.15) is 50.3 Å². The number of hydrogen-bond donors (Lipinski definition) is 1. The Morgan fingerprint density at radius 1 is 1.27 bits per heavy atom. The van der Waals surface area contributed by atoms with E-state index in [9.17, 15) is 14.0 Å². The van der Waals surface area contributed by atoms with Crippen molar-refractivity contribution in [1.82, 2.24) is 0 Å². The van der Waals surface area contributed by atoms with Crippen LogP contribution in [0.4, 0.5) is 9.39 Å². The molecular weight excluding hydrogens is 405 g/mol. The molecule has 1 amide bonds. The van der Waals surface area contributed by atoms with Gasteiger partial charge in [-0.25, -0.2) is 9.18 Å². The van der Waals surface area contributed by atoms with Crippen molar-refractivity contribution in [2.24, 2.45) is 5.92 Å². The van der Waals surface area contributed by atoms with Crippen molar-refractivity contribution >= 4 is 28.2 Å². The molecule has 0 aliphatic heterocycles. The molecule has 1 unspecified atom stereocenters. The number of esters is 1. The maximum absolute atomic E-state index is 13.2. The SMILES string of the molecule is COC(=O)c1c(NC(=O)c2cc(-c3ccc(F)cc3)oc2C)sc2c1CCC(C)C2. The van der Waals surface area contributed by atoms with Gasteiger partial charge in [-0.3, -0.25) is 4.79 Å². The summed E-state index contributed by atoms with van der Waals surface area (Å²) in [6, 6.07) is 7.50. The van der Waals surface area contributed by atoms with Gasteiger partial charge in [-0.1, -0.05) is 6.92 Å². The lowest BCUT2D eigenvalue weighted by Crippen LogP contribution is -2.16. The van der Waals surface area contributed by atoms with E-state index in [1.807, 2.05) is 0 Å². The summed E-state index contributed by atoms with van der Waals surface area (Å²) in [6.07, 6.45) is 2.69. The molecule has 30 heavy (non-hydrogen) atoms. The van der Waals surface area contributed by atoms with Crippen molar-refractivity contribution in [1.29, 1.82) is 0 Å². The number of halogens is 1. The van der Waals surface area contributed by atoms with E-state index in [1.165, 1.54) is 30.6 Å². The molecule has 1 aliphatic carbocycles. The number of aryl methyl sites for hydroxylation is 1. The van der Waals surface area contributed by atoms with Crippen LogP contribution >= 0.6 is 11.3 Å². The third-order valence-electron chi connectivity index (χ3n) is 5.42. The lowest BCUT2D eigenvalue weighted by atomic mass is 9.88. The molecule has 1 aromatic carbocycles. The maximum Gasteiger partial charge on any atom is 0.341 e. The Balaban J connectivity index is 1.65. The van der Waals surface area contributed by atoms with Gasteiger partial charge in [0.05, 0.1) is 18.2 Å². The lowest BCUT2D eigenvalue weighted by molar-refractivity contribution is 0.0601. The zero-order valence-corrected chi connectivity index (χ0v) is 17.8. The Morgan fingerprint density at radius 2 is 2.00 bits per heavy atom. The van der Waals surface area contributed by atoms with E-state index in [-0.39, 0.29) is 11.7 Å². The quantitative estimate of drug-likeness (QED) is 0.549. The number of furan rings is 1. The summed E-state index contributed by atoms with van der Waals surface area (Å²) in [5.41, 5.74) is 2.48. The lowest BCUT2D eigenvalue weighted by Gasteiger charge is -2.18. The molecule has 3 aromatic rings. The van der Waals surface area contributed by atoms with Gasteiger partial charge in [0.15, 0.2) is 0 Å². The zero-order chi connectivity index (χ0) is 21.4. The van der Waals surface area contributed by atoms with Gasteiger partial charge in [0.2, 0.25) is 0 Å². The topological polar surface area (TPSA) is 68.5 Å². The highest BCUT2D eigenvalue weighted by molar-refractivity contribution is 7.17. The normalized spacial score (nSPS) is 15.5. The zero-order valence-electron chi connectivity index (χ0n) is 17.0. The van der Waals surface area contributed by atoms with E-state index < -0.39 is 5.97 Å². The van der Waals surface area contributed by atoms with Gasteiger partial charge in [-0.2, -0.15) is 0 Å². The smallest absolute Gasteiger partial charge is 0.341 e. The number of thiophene rings is 1. The van der Waals surface area contributed by atoms with Crippen LogP contribution in [-0.2, 0) is 17.6 Å². The van der Waals surface area contributed by atoms with Crippen LogP contribution in [0.15, 0.2) is 34.7 Å². The van der Waals surface area contributed by atoms with Crippen molar-refractivity contribution in [3.8, 4) is 11.3 Å². The fourth-order valence-electron chi connectivity index (χ4n) is 3.79. The molecule has 1 N–H and O–H groups in total. The third kappa shape index (κ3) is 3.77. The number of methoxy groups -OCH3 is 1. The summed E-state index contributed by atoms with van der Waals surface area (Å²) in [6.45, 7) is 3.88. The second kappa shape index (κ2) is 8.07. The monoisotopic (exact) mass is 427 g/mol. The number of anilines is 1. The van der Waals surface area contributed by atoms with Crippen molar-refractivity contribution in [3.05, 3.63) is 63.5 Å². The predicted molar refractivity (Wildman–Crippen MR) is 114 cm³/mol. The first-order chi connectivity index (χ1) is 14.4. The van der Waals surface area contributed by atoms with E-state index >= 15 is 0 Å². The Labute approximate surface area is 177 Å². The average molecular weight is 427 g/mol. The molecular formula is C23H22FNO4S. The van der Waals surface area contributed by atoms with Crippen LogP contribution in [0.5, 0.6) is 0 Å². The number of carbonyl (C=O) groups is 2. The second-order valence-corrected chi connectivity index (χ2v) is 8.69. The van der Waals surface area contributed by atoms with Crippen LogP contribution < -0.4 is 5.32 Å². The minimum Gasteiger partial charge on any atom is -0.465 e. The summed E-state index contributed by atoms with van der Waals surface area (Å²) < 4.78 is 23.9. The molecule has 156 valence electrons. The molecule has 0 fully saturated rings. The van der Waals surface area contributed by atoms with Gasteiger partial charge < -0.3 is 14.5 Å². The van der Waals surface area contributed by atoms with Crippen molar-refractivity contribution in [2.45, 2.75) is 33.1 Å². The van der Waals surface area contributed by atoms with Crippen molar-refractivity contribution < 1.29 is 23.1 Å². The van der Waals surface area contributed by atoms with Crippen LogP contribution in [0.3, 0.4) is 0 Å². The molecule has 0 bridgehead atoms. The molecule has 0 spiro atoms. The van der Waals surface area contributed by atoms with E-state index in [2.05, 4.69) is 12.2 Å². The minimum atomic E-state index is -0.437. The Hall–Kier alpha value is -2.93. The number of benzene rings is 1. The largest absolute Gasteiger partial charge is 0.465 e. The van der Waals surface area contributed by atoms with Gasteiger partial charge >= 0.3 is 5.97 Å². The first-order valence-electron chi connectivity index (χ1n) is 9.78. The fourth-order valence-corrected chi connectivity index (χ4v) is 5.19. The minimum absolute atomic E-state index is 0.341. The van der Waals surface area contributed by atoms with E-state index in [4.69, 9.17) is 9.15 Å².